The second-order valence-electron chi connectivity index (χ2n) is 7.88. The fourth-order valence-corrected chi connectivity index (χ4v) is 4.72. The summed E-state index contributed by atoms with van der Waals surface area (Å²) in [6.07, 6.45) is 7.27. The minimum atomic E-state index is -0.0520. The molecule has 4 aromatic rings. The molecule has 32 heavy (non-hydrogen) atoms. The van der Waals surface area contributed by atoms with Crippen molar-refractivity contribution in [2.24, 2.45) is 5.92 Å². The van der Waals surface area contributed by atoms with Crippen LogP contribution in [-0.2, 0) is 17.9 Å². The molecule has 4 heterocycles. The molecule has 3 aromatic heterocycles. The smallest absolute Gasteiger partial charge is 0.241 e. The highest BCUT2D eigenvalue weighted by Crippen LogP contribution is 2.23. The van der Waals surface area contributed by atoms with Gasteiger partial charge in [0.15, 0.2) is 0 Å². The summed E-state index contributed by atoms with van der Waals surface area (Å²) in [4.78, 5) is 24.8. The van der Waals surface area contributed by atoms with Gasteiger partial charge in [-0.1, -0.05) is 29.4 Å². The zero-order chi connectivity index (χ0) is 21.8. The van der Waals surface area contributed by atoms with E-state index in [0.29, 0.717) is 31.3 Å². The third-order valence-corrected chi connectivity index (χ3v) is 6.54. The molecular weight excluding hydrogens is 424 g/mol. The normalized spacial score (nSPS) is 16.8. The van der Waals surface area contributed by atoms with Gasteiger partial charge in [-0.05, 0) is 42.5 Å². The number of hydrogen-bond acceptors (Lipinski definition) is 7. The quantitative estimate of drug-likeness (QED) is 0.465. The Hall–Kier alpha value is -3.30. The molecule has 1 fully saturated rings. The van der Waals surface area contributed by atoms with Crippen molar-refractivity contribution in [1.82, 2.24) is 29.9 Å². The van der Waals surface area contributed by atoms with E-state index in [1.165, 1.54) is 0 Å². The molecule has 1 saturated heterocycles. The summed E-state index contributed by atoms with van der Waals surface area (Å²) in [5, 5.41) is 9.20. The third-order valence-electron chi connectivity index (χ3n) is 5.67. The molecule has 0 bridgehead atoms. The molecule has 1 aromatic carbocycles. The number of para-hydroxylation sites is 1. The van der Waals surface area contributed by atoms with E-state index in [9.17, 15) is 4.79 Å². The van der Waals surface area contributed by atoms with Crippen molar-refractivity contribution in [3.8, 4) is 16.4 Å². The summed E-state index contributed by atoms with van der Waals surface area (Å²) in [5.41, 5.74) is 2.08. The van der Waals surface area contributed by atoms with Crippen LogP contribution in [0.25, 0.3) is 16.4 Å². The van der Waals surface area contributed by atoms with Gasteiger partial charge in [-0.2, -0.15) is 4.98 Å². The first kappa shape index (κ1) is 20.6. The lowest BCUT2D eigenvalue weighted by atomic mass is 9.97. The maximum atomic E-state index is 12.9. The standard InChI is InChI=1S/C23H24N6O2S/c30-23(25-13-17-5-1-2-7-19(17)29-11-9-24-16-29)18-6-3-10-28(14-18)15-21-26-22(27-31-21)20-8-4-12-32-20/h1-2,4-5,7-9,11-12,16,18H,3,6,10,13-15H2,(H,25,30). The van der Waals surface area contributed by atoms with Crippen LogP contribution in [0.2, 0.25) is 0 Å². The van der Waals surface area contributed by atoms with Crippen molar-refractivity contribution in [1.29, 1.82) is 0 Å². The van der Waals surface area contributed by atoms with Crippen LogP contribution in [0.3, 0.4) is 0 Å². The van der Waals surface area contributed by atoms with Crippen molar-refractivity contribution in [2.75, 3.05) is 13.1 Å². The summed E-state index contributed by atoms with van der Waals surface area (Å²) >= 11 is 1.59. The number of rotatable bonds is 7. The molecule has 0 radical (unpaired) electrons. The second kappa shape index (κ2) is 9.46. The monoisotopic (exact) mass is 448 g/mol. The van der Waals surface area contributed by atoms with Crippen molar-refractivity contribution < 1.29 is 9.32 Å². The zero-order valence-electron chi connectivity index (χ0n) is 17.6. The molecule has 164 valence electrons. The fourth-order valence-electron chi connectivity index (χ4n) is 4.07. The van der Waals surface area contributed by atoms with Crippen LogP contribution in [0, 0.1) is 5.92 Å². The molecule has 1 aliphatic rings. The average molecular weight is 449 g/mol. The Morgan fingerprint density at radius 1 is 1.25 bits per heavy atom. The average Bonchev–Trinajstić information content (AvgIpc) is 3.60. The first-order chi connectivity index (χ1) is 15.8. The first-order valence-corrected chi connectivity index (χ1v) is 11.6. The highest BCUT2D eigenvalue weighted by atomic mass is 32.1. The molecule has 0 aliphatic carbocycles. The number of nitrogens with one attached hydrogen (secondary N) is 1. The number of likely N-dealkylation sites (tertiary alicyclic amines) is 1. The summed E-state index contributed by atoms with van der Waals surface area (Å²) < 4.78 is 7.39. The minimum Gasteiger partial charge on any atom is -0.352 e. The van der Waals surface area contributed by atoms with Crippen molar-refractivity contribution in [3.63, 3.8) is 0 Å². The summed E-state index contributed by atoms with van der Waals surface area (Å²) in [6, 6.07) is 12.0. The molecule has 1 unspecified atom stereocenters. The molecule has 8 nitrogen and oxygen atoms in total. The third kappa shape index (κ3) is 4.63. The van der Waals surface area contributed by atoms with Gasteiger partial charge in [0.2, 0.25) is 17.6 Å². The van der Waals surface area contributed by atoms with Gasteiger partial charge in [-0.3, -0.25) is 9.69 Å². The van der Waals surface area contributed by atoms with E-state index < -0.39 is 0 Å². The number of hydrogen-bond donors (Lipinski definition) is 1. The number of benzene rings is 1. The van der Waals surface area contributed by atoms with Crippen LogP contribution < -0.4 is 5.32 Å². The van der Waals surface area contributed by atoms with E-state index in [4.69, 9.17) is 4.52 Å². The predicted octanol–water partition coefficient (Wildman–Crippen LogP) is 3.51. The highest BCUT2D eigenvalue weighted by Gasteiger charge is 2.27. The van der Waals surface area contributed by atoms with E-state index in [-0.39, 0.29) is 11.8 Å². The van der Waals surface area contributed by atoms with Crippen LogP contribution in [0.1, 0.15) is 24.3 Å². The van der Waals surface area contributed by atoms with Crippen LogP contribution in [0.4, 0.5) is 0 Å². The van der Waals surface area contributed by atoms with E-state index in [2.05, 4.69) is 25.3 Å². The molecule has 1 aliphatic heterocycles. The maximum absolute atomic E-state index is 12.9. The number of aromatic nitrogens is 4. The Balaban J connectivity index is 1.18. The van der Waals surface area contributed by atoms with Gasteiger partial charge in [0.1, 0.15) is 0 Å². The number of carbonyl (C=O) groups excluding carboxylic acids is 1. The van der Waals surface area contributed by atoms with Gasteiger partial charge < -0.3 is 14.4 Å². The Kier molecular flexibility index (Phi) is 6.09. The maximum Gasteiger partial charge on any atom is 0.241 e. The number of piperidine rings is 1. The zero-order valence-corrected chi connectivity index (χ0v) is 18.4. The van der Waals surface area contributed by atoms with Gasteiger partial charge in [0.05, 0.1) is 29.4 Å². The van der Waals surface area contributed by atoms with Crippen LogP contribution in [0.5, 0.6) is 0 Å². The molecular formula is C23H24N6O2S. The molecule has 1 N–H and O–H groups in total. The molecule has 0 saturated carbocycles. The van der Waals surface area contributed by atoms with E-state index in [1.807, 2.05) is 52.5 Å². The Labute approximate surface area is 189 Å². The summed E-state index contributed by atoms with van der Waals surface area (Å²) in [6.45, 7) is 2.65. The molecule has 0 spiro atoms. The van der Waals surface area contributed by atoms with E-state index in [1.54, 1.807) is 23.9 Å². The number of thiophene rings is 1. The summed E-state index contributed by atoms with van der Waals surface area (Å²) in [5.74, 6) is 1.24. The predicted molar refractivity (Wildman–Crippen MR) is 121 cm³/mol. The second-order valence-corrected chi connectivity index (χ2v) is 8.83. The van der Waals surface area contributed by atoms with Gasteiger partial charge in [-0.15, -0.1) is 11.3 Å². The molecule has 1 atom stereocenters. The Bertz CT molecular complexity index is 1160. The first-order valence-electron chi connectivity index (χ1n) is 10.7. The number of nitrogens with zero attached hydrogens (tertiary/aromatic N) is 5. The Morgan fingerprint density at radius 2 is 2.19 bits per heavy atom. The number of carbonyl (C=O) groups is 1. The largest absolute Gasteiger partial charge is 0.352 e. The minimum absolute atomic E-state index is 0.0520. The lowest BCUT2D eigenvalue weighted by Crippen LogP contribution is -2.42. The van der Waals surface area contributed by atoms with E-state index >= 15 is 0 Å². The lowest BCUT2D eigenvalue weighted by molar-refractivity contribution is -0.127. The van der Waals surface area contributed by atoms with Crippen molar-refractivity contribution in [2.45, 2.75) is 25.9 Å². The van der Waals surface area contributed by atoms with Crippen LogP contribution in [0.15, 0.2) is 65.0 Å². The highest BCUT2D eigenvalue weighted by molar-refractivity contribution is 7.13. The van der Waals surface area contributed by atoms with Gasteiger partial charge in [-0.25, -0.2) is 4.98 Å². The van der Waals surface area contributed by atoms with Gasteiger partial charge >= 0.3 is 0 Å². The number of imidazole rings is 1. The van der Waals surface area contributed by atoms with Crippen LogP contribution in [-0.4, -0.2) is 43.6 Å². The van der Waals surface area contributed by atoms with Gasteiger partial charge in [0, 0.05) is 25.5 Å². The lowest BCUT2D eigenvalue weighted by Gasteiger charge is -2.30. The van der Waals surface area contributed by atoms with Crippen molar-refractivity contribution >= 4 is 17.2 Å². The molecule has 5 rings (SSSR count). The SMILES string of the molecule is O=C(NCc1ccccc1-n1ccnc1)C1CCCN(Cc2nc(-c3cccs3)no2)C1. The summed E-state index contributed by atoms with van der Waals surface area (Å²) in [7, 11) is 0. The number of amides is 1. The Morgan fingerprint density at radius 3 is 3.03 bits per heavy atom. The van der Waals surface area contributed by atoms with E-state index in [0.717, 1.165) is 35.5 Å². The molecule has 1 amide bonds. The molecule has 9 heteroatoms. The van der Waals surface area contributed by atoms with Gasteiger partial charge in [0.25, 0.3) is 0 Å². The topological polar surface area (TPSA) is 89.1 Å². The van der Waals surface area contributed by atoms with Crippen LogP contribution >= 0.6 is 11.3 Å². The van der Waals surface area contributed by atoms with Crippen molar-refractivity contribution in [3.05, 3.63) is 72.0 Å². The fraction of sp³-hybridized carbons (Fsp3) is 0.304.